The number of aliphatic hydroxyl groups excluding tert-OH is 3. The third kappa shape index (κ3) is 4.07. The Morgan fingerprint density at radius 3 is 2.67 bits per heavy atom. The van der Waals surface area contributed by atoms with Gasteiger partial charge in [-0.05, 0) is 18.4 Å². The quantitative estimate of drug-likeness (QED) is 0.314. The summed E-state index contributed by atoms with van der Waals surface area (Å²) in [5.41, 5.74) is 8.80. The van der Waals surface area contributed by atoms with Crippen LogP contribution in [0.2, 0.25) is 0 Å². The number of ether oxygens (including phenoxy) is 1. The largest absolute Gasteiger partial charge is 0.394 e. The number of nitrogens with two attached hydrogens (primary N) is 1. The van der Waals surface area contributed by atoms with Crippen LogP contribution in [0.15, 0.2) is 49.1 Å². The van der Waals surface area contributed by atoms with E-state index in [-0.39, 0.29) is 5.82 Å². The van der Waals surface area contributed by atoms with Crippen molar-refractivity contribution in [2.75, 3.05) is 12.3 Å². The van der Waals surface area contributed by atoms with Gasteiger partial charge in [0, 0.05) is 12.7 Å². The number of aryl methyl sites for hydroxylation is 2. The van der Waals surface area contributed by atoms with Gasteiger partial charge in [-0.15, -0.1) is 0 Å². The molecule has 0 amide bonds. The lowest BCUT2D eigenvalue weighted by atomic mass is 10.1. The molecule has 2 unspecified atom stereocenters. The molecule has 1 aromatic carbocycles. The number of aromatic nitrogens is 6. The minimum Gasteiger partial charge on any atom is -0.394 e. The molecular formula is C22H25N7O4. The minimum absolute atomic E-state index is 0.178. The fraction of sp³-hybridized carbons (Fsp3) is 0.364. The Balaban J connectivity index is 1.38. The van der Waals surface area contributed by atoms with E-state index in [1.165, 1.54) is 16.5 Å². The van der Waals surface area contributed by atoms with Crippen LogP contribution in [0.4, 0.5) is 5.82 Å². The first kappa shape index (κ1) is 21.5. The average molecular weight is 451 g/mol. The van der Waals surface area contributed by atoms with Crippen molar-refractivity contribution in [2.45, 2.75) is 43.9 Å². The first-order valence-electron chi connectivity index (χ1n) is 10.7. The fourth-order valence-corrected chi connectivity index (χ4v) is 4.05. The van der Waals surface area contributed by atoms with Gasteiger partial charge in [-0.3, -0.25) is 9.25 Å². The van der Waals surface area contributed by atoms with Crippen molar-refractivity contribution in [1.29, 1.82) is 0 Å². The van der Waals surface area contributed by atoms with Gasteiger partial charge < -0.3 is 25.8 Å². The number of rotatable bonds is 7. The van der Waals surface area contributed by atoms with Crippen LogP contribution >= 0.6 is 0 Å². The Hall–Kier alpha value is -3.38. The molecule has 4 aromatic rings. The van der Waals surface area contributed by atoms with Crippen molar-refractivity contribution < 1.29 is 20.1 Å². The fourth-order valence-electron chi connectivity index (χ4n) is 4.05. The van der Waals surface area contributed by atoms with E-state index >= 15 is 0 Å². The van der Waals surface area contributed by atoms with Crippen LogP contribution < -0.4 is 5.73 Å². The maximum absolute atomic E-state index is 10.4. The van der Waals surface area contributed by atoms with E-state index in [4.69, 9.17) is 10.5 Å². The molecule has 5 rings (SSSR count). The molecule has 0 aliphatic carbocycles. The maximum Gasteiger partial charge on any atom is 0.168 e. The lowest BCUT2D eigenvalue weighted by Crippen LogP contribution is -2.33. The topological polar surface area (TPSA) is 157 Å². The van der Waals surface area contributed by atoms with Gasteiger partial charge in [0.1, 0.15) is 23.8 Å². The summed E-state index contributed by atoms with van der Waals surface area (Å²) in [6.07, 6.45) is 2.49. The van der Waals surface area contributed by atoms with Gasteiger partial charge in [-0.1, -0.05) is 30.3 Å². The molecule has 33 heavy (non-hydrogen) atoms. The van der Waals surface area contributed by atoms with E-state index in [1.54, 1.807) is 6.20 Å². The van der Waals surface area contributed by atoms with Gasteiger partial charge in [-0.2, -0.15) is 5.10 Å². The van der Waals surface area contributed by atoms with Crippen molar-refractivity contribution >= 4 is 17.0 Å². The second-order valence-electron chi connectivity index (χ2n) is 8.07. The molecule has 0 bridgehead atoms. The normalized spacial score (nSPS) is 22.9. The smallest absolute Gasteiger partial charge is 0.168 e. The molecule has 1 fully saturated rings. The Bertz CT molecular complexity index is 1240. The Kier molecular flexibility index (Phi) is 5.77. The standard InChI is InChI=1S/C22H25N7O4/c23-19-16-21(29(12-24-16)22-18(32)17(31)15(11-30)33-22)27-20(26-19)14-9-25-28(10-14)8-4-7-13-5-2-1-3-6-13/h1-3,5-6,9-10,12,15,17-18,22,30-32H,4,7-8,11H2,(H2,23,26,27)/t15?,17-,18-,22?/m1/s1. The molecule has 0 radical (unpaired) electrons. The molecular weight excluding hydrogens is 426 g/mol. The first-order valence-corrected chi connectivity index (χ1v) is 10.7. The SMILES string of the molecule is Nc1nc(-c2cnn(CCCc3ccccc3)c2)nc2c1ncn2C1OC(CO)[C@@H](O)[C@H]1O. The van der Waals surface area contributed by atoms with E-state index < -0.39 is 31.1 Å². The van der Waals surface area contributed by atoms with Crippen LogP contribution in [0, 0.1) is 0 Å². The summed E-state index contributed by atoms with van der Waals surface area (Å²) in [6.45, 7) is 0.320. The van der Waals surface area contributed by atoms with Crippen LogP contribution in [0.25, 0.3) is 22.6 Å². The molecule has 172 valence electrons. The van der Waals surface area contributed by atoms with Crippen molar-refractivity contribution in [3.05, 3.63) is 54.6 Å². The zero-order chi connectivity index (χ0) is 22.9. The third-order valence-electron chi connectivity index (χ3n) is 5.83. The second kappa shape index (κ2) is 8.87. The number of hydrogen-bond donors (Lipinski definition) is 4. The van der Waals surface area contributed by atoms with Crippen LogP contribution in [0.3, 0.4) is 0 Å². The van der Waals surface area contributed by atoms with Crippen molar-refractivity contribution in [1.82, 2.24) is 29.3 Å². The molecule has 1 aliphatic heterocycles. The van der Waals surface area contributed by atoms with Crippen molar-refractivity contribution in [2.24, 2.45) is 0 Å². The molecule has 0 saturated carbocycles. The number of fused-ring (bicyclic) bond motifs is 1. The Morgan fingerprint density at radius 1 is 1.09 bits per heavy atom. The molecule has 0 spiro atoms. The molecule has 4 heterocycles. The highest BCUT2D eigenvalue weighted by Crippen LogP contribution is 2.32. The summed E-state index contributed by atoms with van der Waals surface area (Å²) in [6, 6.07) is 10.3. The number of imidazole rings is 1. The number of aliphatic hydroxyl groups is 3. The van der Waals surface area contributed by atoms with E-state index in [0.717, 1.165) is 19.4 Å². The van der Waals surface area contributed by atoms with Crippen LogP contribution in [-0.4, -0.2) is 69.5 Å². The molecule has 5 N–H and O–H groups in total. The maximum atomic E-state index is 10.4. The number of anilines is 1. The number of hydrogen-bond acceptors (Lipinski definition) is 9. The summed E-state index contributed by atoms with van der Waals surface area (Å²) in [7, 11) is 0. The van der Waals surface area contributed by atoms with Gasteiger partial charge in [-0.25, -0.2) is 15.0 Å². The number of nitrogens with zero attached hydrogens (tertiary/aromatic N) is 6. The summed E-state index contributed by atoms with van der Waals surface area (Å²) in [5.74, 6) is 0.542. The van der Waals surface area contributed by atoms with Crippen molar-refractivity contribution in [3.63, 3.8) is 0 Å². The highest BCUT2D eigenvalue weighted by atomic mass is 16.6. The van der Waals surface area contributed by atoms with E-state index in [0.29, 0.717) is 22.6 Å². The lowest BCUT2D eigenvalue weighted by Gasteiger charge is -2.16. The highest BCUT2D eigenvalue weighted by molar-refractivity contribution is 5.83. The van der Waals surface area contributed by atoms with Gasteiger partial charge in [0.25, 0.3) is 0 Å². The van der Waals surface area contributed by atoms with E-state index in [2.05, 4.69) is 32.2 Å². The van der Waals surface area contributed by atoms with Gasteiger partial charge in [0.05, 0.1) is 24.7 Å². The zero-order valence-corrected chi connectivity index (χ0v) is 17.8. The van der Waals surface area contributed by atoms with E-state index in [1.807, 2.05) is 29.1 Å². The summed E-state index contributed by atoms with van der Waals surface area (Å²) in [5, 5.41) is 34.3. The highest BCUT2D eigenvalue weighted by Gasteiger charge is 2.44. The molecule has 1 saturated heterocycles. The molecule has 4 atom stereocenters. The predicted octanol–water partition coefficient (Wildman–Crippen LogP) is 0.516. The monoisotopic (exact) mass is 451 g/mol. The first-order chi connectivity index (χ1) is 16.0. The third-order valence-corrected chi connectivity index (χ3v) is 5.83. The number of benzene rings is 1. The summed E-state index contributed by atoms with van der Waals surface area (Å²) < 4.78 is 8.94. The van der Waals surface area contributed by atoms with Gasteiger partial charge in [0.15, 0.2) is 23.5 Å². The summed E-state index contributed by atoms with van der Waals surface area (Å²) >= 11 is 0. The lowest BCUT2D eigenvalue weighted by molar-refractivity contribution is -0.0511. The van der Waals surface area contributed by atoms with E-state index in [9.17, 15) is 15.3 Å². The molecule has 11 heteroatoms. The van der Waals surface area contributed by atoms with Crippen molar-refractivity contribution in [3.8, 4) is 11.4 Å². The zero-order valence-electron chi connectivity index (χ0n) is 17.8. The second-order valence-corrected chi connectivity index (χ2v) is 8.07. The van der Waals surface area contributed by atoms with Crippen LogP contribution in [0.1, 0.15) is 18.2 Å². The number of nitrogen functional groups attached to an aromatic ring is 1. The van der Waals surface area contributed by atoms with Crippen LogP contribution in [0.5, 0.6) is 0 Å². The Morgan fingerprint density at radius 2 is 1.91 bits per heavy atom. The van der Waals surface area contributed by atoms with Crippen LogP contribution in [-0.2, 0) is 17.7 Å². The molecule has 3 aromatic heterocycles. The minimum atomic E-state index is -1.26. The predicted molar refractivity (Wildman–Crippen MR) is 119 cm³/mol. The summed E-state index contributed by atoms with van der Waals surface area (Å²) in [4.78, 5) is 13.2. The van der Waals surface area contributed by atoms with Gasteiger partial charge >= 0.3 is 0 Å². The molecule has 11 nitrogen and oxygen atoms in total. The Labute approximate surface area is 189 Å². The average Bonchev–Trinajstić information content (AvgIpc) is 3.53. The van der Waals surface area contributed by atoms with Gasteiger partial charge in [0.2, 0.25) is 0 Å². The molecule has 1 aliphatic rings.